The SMILES string of the molecule is CCCCN(CCCC)c1cc(F)nc(N)n1. The normalized spacial score (nSPS) is 10.5. The molecule has 1 aromatic heterocycles. The molecule has 0 saturated carbocycles. The molecule has 0 saturated heterocycles. The lowest BCUT2D eigenvalue weighted by Gasteiger charge is -2.23. The van der Waals surface area contributed by atoms with Crippen LogP contribution in [0.3, 0.4) is 0 Å². The molecule has 1 aromatic rings. The van der Waals surface area contributed by atoms with Gasteiger partial charge in [0.1, 0.15) is 5.82 Å². The van der Waals surface area contributed by atoms with Crippen LogP contribution in [-0.2, 0) is 0 Å². The van der Waals surface area contributed by atoms with Crippen LogP contribution in [0.1, 0.15) is 39.5 Å². The Hall–Kier alpha value is -1.39. The largest absolute Gasteiger partial charge is 0.368 e. The van der Waals surface area contributed by atoms with Crippen molar-refractivity contribution < 1.29 is 4.39 Å². The summed E-state index contributed by atoms with van der Waals surface area (Å²) in [6.45, 7) is 6.03. The number of anilines is 2. The molecular formula is C12H21FN4. The summed E-state index contributed by atoms with van der Waals surface area (Å²) in [5.74, 6) is 0.0281. The highest BCUT2D eigenvalue weighted by Gasteiger charge is 2.10. The van der Waals surface area contributed by atoms with Crippen molar-refractivity contribution in [3.63, 3.8) is 0 Å². The van der Waals surface area contributed by atoms with E-state index in [-0.39, 0.29) is 5.95 Å². The summed E-state index contributed by atoms with van der Waals surface area (Å²) in [5.41, 5.74) is 5.47. The van der Waals surface area contributed by atoms with E-state index in [0.29, 0.717) is 5.82 Å². The van der Waals surface area contributed by atoms with Crippen LogP contribution in [0.25, 0.3) is 0 Å². The highest BCUT2D eigenvalue weighted by Crippen LogP contribution is 2.14. The fraction of sp³-hybridized carbons (Fsp3) is 0.667. The van der Waals surface area contributed by atoms with E-state index < -0.39 is 5.95 Å². The van der Waals surface area contributed by atoms with Crippen molar-refractivity contribution in [1.82, 2.24) is 9.97 Å². The van der Waals surface area contributed by atoms with Crippen LogP contribution in [-0.4, -0.2) is 23.1 Å². The van der Waals surface area contributed by atoms with Gasteiger partial charge in [0.25, 0.3) is 0 Å². The van der Waals surface area contributed by atoms with Gasteiger partial charge in [-0.25, -0.2) is 0 Å². The van der Waals surface area contributed by atoms with E-state index in [2.05, 4.69) is 28.7 Å². The summed E-state index contributed by atoms with van der Waals surface area (Å²) >= 11 is 0. The van der Waals surface area contributed by atoms with Crippen LogP contribution < -0.4 is 10.6 Å². The van der Waals surface area contributed by atoms with Gasteiger partial charge in [-0.3, -0.25) is 0 Å². The molecule has 0 aliphatic rings. The monoisotopic (exact) mass is 240 g/mol. The maximum absolute atomic E-state index is 13.2. The summed E-state index contributed by atoms with van der Waals surface area (Å²) in [4.78, 5) is 9.62. The molecule has 17 heavy (non-hydrogen) atoms. The van der Waals surface area contributed by atoms with Crippen LogP contribution >= 0.6 is 0 Å². The Kier molecular flexibility index (Phi) is 5.66. The number of halogens is 1. The molecule has 0 aliphatic carbocycles. The maximum atomic E-state index is 13.2. The molecule has 0 amide bonds. The van der Waals surface area contributed by atoms with Crippen LogP contribution in [0.15, 0.2) is 6.07 Å². The van der Waals surface area contributed by atoms with Crippen molar-refractivity contribution in [1.29, 1.82) is 0 Å². The highest BCUT2D eigenvalue weighted by atomic mass is 19.1. The zero-order valence-electron chi connectivity index (χ0n) is 10.6. The van der Waals surface area contributed by atoms with Crippen molar-refractivity contribution in [2.75, 3.05) is 23.7 Å². The summed E-state index contributed by atoms with van der Waals surface area (Å²) in [6, 6.07) is 1.35. The second-order valence-corrected chi connectivity index (χ2v) is 4.10. The Morgan fingerprint density at radius 3 is 2.24 bits per heavy atom. The number of nitrogen functional groups attached to an aromatic ring is 1. The van der Waals surface area contributed by atoms with Crippen LogP contribution in [0.5, 0.6) is 0 Å². The molecule has 0 aromatic carbocycles. The number of rotatable bonds is 7. The average Bonchev–Trinajstić information content (AvgIpc) is 2.28. The minimum absolute atomic E-state index is 0.00185. The quantitative estimate of drug-likeness (QED) is 0.744. The first kappa shape index (κ1) is 13.7. The van der Waals surface area contributed by atoms with Gasteiger partial charge in [0, 0.05) is 19.2 Å². The molecule has 4 nitrogen and oxygen atoms in total. The summed E-state index contributed by atoms with van der Waals surface area (Å²) in [6.07, 6.45) is 4.34. The molecule has 0 unspecified atom stereocenters. The molecule has 5 heteroatoms. The van der Waals surface area contributed by atoms with Crippen molar-refractivity contribution in [2.24, 2.45) is 0 Å². The van der Waals surface area contributed by atoms with E-state index in [9.17, 15) is 4.39 Å². The second-order valence-electron chi connectivity index (χ2n) is 4.10. The second kappa shape index (κ2) is 7.04. The van der Waals surface area contributed by atoms with Gasteiger partial charge in [-0.1, -0.05) is 26.7 Å². The molecule has 1 rings (SSSR count). The van der Waals surface area contributed by atoms with Crippen molar-refractivity contribution in [3.05, 3.63) is 12.0 Å². The summed E-state index contributed by atoms with van der Waals surface area (Å²) in [7, 11) is 0. The van der Waals surface area contributed by atoms with Crippen LogP contribution in [0.4, 0.5) is 16.2 Å². The van der Waals surface area contributed by atoms with Gasteiger partial charge in [-0.05, 0) is 12.8 Å². The van der Waals surface area contributed by atoms with Crippen molar-refractivity contribution in [3.8, 4) is 0 Å². The Labute approximate surface area is 102 Å². The number of hydrogen-bond acceptors (Lipinski definition) is 4. The van der Waals surface area contributed by atoms with Crippen LogP contribution in [0.2, 0.25) is 0 Å². The van der Waals surface area contributed by atoms with Gasteiger partial charge in [-0.2, -0.15) is 14.4 Å². The van der Waals surface area contributed by atoms with Gasteiger partial charge in [0.15, 0.2) is 0 Å². The molecular weight excluding hydrogens is 219 g/mol. The van der Waals surface area contributed by atoms with E-state index in [1.807, 2.05) is 0 Å². The molecule has 0 atom stereocenters. The molecule has 96 valence electrons. The van der Waals surface area contributed by atoms with E-state index in [0.717, 1.165) is 38.8 Å². The van der Waals surface area contributed by atoms with Crippen molar-refractivity contribution >= 4 is 11.8 Å². The molecule has 2 N–H and O–H groups in total. The highest BCUT2D eigenvalue weighted by molar-refractivity contribution is 5.41. The Balaban J connectivity index is 2.78. The van der Waals surface area contributed by atoms with Gasteiger partial charge in [0.2, 0.25) is 11.9 Å². The summed E-state index contributed by atoms with van der Waals surface area (Å²) in [5, 5.41) is 0. The van der Waals surface area contributed by atoms with E-state index in [1.54, 1.807) is 0 Å². The third-order valence-electron chi connectivity index (χ3n) is 2.59. The van der Waals surface area contributed by atoms with Gasteiger partial charge in [0.05, 0.1) is 0 Å². The fourth-order valence-corrected chi connectivity index (χ4v) is 1.62. The Morgan fingerprint density at radius 2 is 1.76 bits per heavy atom. The number of nitrogens with zero attached hydrogens (tertiary/aromatic N) is 3. The van der Waals surface area contributed by atoms with E-state index in [4.69, 9.17) is 5.73 Å². The lowest BCUT2D eigenvalue weighted by atomic mass is 10.2. The number of aromatic nitrogens is 2. The first-order valence-corrected chi connectivity index (χ1v) is 6.22. The number of unbranched alkanes of at least 4 members (excludes halogenated alkanes) is 2. The molecule has 0 bridgehead atoms. The first-order chi connectivity index (χ1) is 8.17. The van der Waals surface area contributed by atoms with Crippen LogP contribution in [0, 0.1) is 5.95 Å². The fourth-order valence-electron chi connectivity index (χ4n) is 1.62. The smallest absolute Gasteiger partial charge is 0.224 e. The topological polar surface area (TPSA) is 55.0 Å². The first-order valence-electron chi connectivity index (χ1n) is 6.22. The predicted molar refractivity (Wildman–Crippen MR) is 68.4 cm³/mol. The van der Waals surface area contributed by atoms with Crippen molar-refractivity contribution in [2.45, 2.75) is 39.5 Å². The van der Waals surface area contributed by atoms with Gasteiger partial charge >= 0.3 is 0 Å². The number of hydrogen-bond donors (Lipinski definition) is 1. The zero-order valence-corrected chi connectivity index (χ0v) is 10.6. The Bertz CT molecular complexity index is 315. The third-order valence-corrected chi connectivity index (χ3v) is 2.59. The maximum Gasteiger partial charge on any atom is 0.224 e. The van der Waals surface area contributed by atoms with Gasteiger partial charge in [-0.15, -0.1) is 0 Å². The minimum atomic E-state index is -0.564. The molecule has 1 heterocycles. The predicted octanol–water partition coefficient (Wildman–Crippen LogP) is 2.60. The van der Waals surface area contributed by atoms with E-state index in [1.165, 1.54) is 6.07 Å². The lowest BCUT2D eigenvalue weighted by molar-refractivity contribution is 0.578. The Morgan fingerprint density at radius 1 is 1.18 bits per heavy atom. The van der Waals surface area contributed by atoms with Gasteiger partial charge < -0.3 is 10.6 Å². The molecule has 0 spiro atoms. The minimum Gasteiger partial charge on any atom is -0.368 e. The lowest BCUT2D eigenvalue weighted by Crippen LogP contribution is -2.27. The molecule has 0 fully saturated rings. The number of nitrogens with two attached hydrogens (primary N) is 1. The summed E-state index contributed by atoms with van der Waals surface area (Å²) < 4.78 is 13.2. The zero-order chi connectivity index (χ0) is 12.7. The molecule has 0 aliphatic heterocycles. The standard InChI is InChI=1S/C12H21FN4/c1-3-5-7-17(8-6-4-2)11-9-10(13)15-12(14)16-11/h9H,3-8H2,1-2H3,(H2,14,15,16). The third kappa shape index (κ3) is 4.54. The average molecular weight is 240 g/mol. The molecule has 0 radical (unpaired) electrons. The van der Waals surface area contributed by atoms with E-state index >= 15 is 0 Å².